The first-order valence-electron chi connectivity index (χ1n) is 9.54. The molecule has 3 heterocycles. The zero-order chi connectivity index (χ0) is 20.6. The van der Waals surface area contributed by atoms with Crippen LogP contribution in [-0.4, -0.2) is 25.7 Å². The van der Waals surface area contributed by atoms with Crippen molar-refractivity contribution in [1.29, 1.82) is 0 Å². The monoisotopic (exact) mass is 382 g/mol. The lowest BCUT2D eigenvalue weighted by atomic mass is 9.86. The number of fused-ring (bicyclic) bond motifs is 1. The number of nitrogens with zero attached hydrogens (tertiary/aromatic N) is 4. The molecule has 0 radical (unpaired) electrons. The maximum atomic E-state index is 12.1. The molecule has 1 aromatic carbocycles. The lowest BCUT2D eigenvalue weighted by Gasteiger charge is -2.19. The third kappa shape index (κ3) is 3.90. The molecular formula is C24H22N4O. The summed E-state index contributed by atoms with van der Waals surface area (Å²) in [5, 5.41) is 0.954. The van der Waals surface area contributed by atoms with Gasteiger partial charge in [0, 0.05) is 24.1 Å². The number of rotatable bonds is 3. The molecule has 0 unspecified atom stereocenters. The molecule has 0 saturated carbocycles. The van der Waals surface area contributed by atoms with Gasteiger partial charge in [-0.15, -0.1) is 0 Å². The van der Waals surface area contributed by atoms with Gasteiger partial charge in [-0.3, -0.25) is 4.79 Å². The van der Waals surface area contributed by atoms with Gasteiger partial charge in [0.1, 0.15) is 5.69 Å². The summed E-state index contributed by atoms with van der Waals surface area (Å²) in [6.07, 6.45) is 1.71. The lowest BCUT2D eigenvalue weighted by Crippen LogP contribution is -2.10. The van der Waals surface area contributed by atoms with Gasteiger partial charge in [-0.05, 0) is 41.3 Å². The third-order valence-corrected chi connectivity index (χ3v) is 4.82. The van der Waals surface area contributed by atoms with Crippen molar-refractivity contribution >= 4 is 16.8 Å². The quantitative estimate of drug-likeness (QED) is 0.452. The largest absolute Gasteiger partial charge is 0.293 e. The molecule has 0 aliphatic rings. The molecule has 5 heteroatoms. The Morgan fingerprint density at radius 2 is 1.62 bits per heavy atom. The van der Waals surface area contributed by atoms with Gasteiger partial charge < -0.3 is 0 Å². The highest BCUT2D eigenvalue weighted by atomic mass is 16.1. The first-order chi connectivity index (χ1) is 13.8. The van der Waals surface area contributed by atoms with E-state index in [0.29, 0.717) is 28.6 Å². The maximum absolute atomic E-state index is 12.1. The summed E-state index contributed by atoms with van der Waals surface area (Å²) in [5.74, 6) is 0.399. The van der Waals surface area contributed by atoms with Crippen LogP contribution in [0.15, 0.2) is 60.8 Å². The minimum atomic E-state index is -0.111. The number of pyridine rings is 2. The maximum Gasteiger partial charge on any atom is 0.178 e. The fourth-order valence-electron chi connectivity index (χ4n) is 3.10. The molecule has 0 spiro atoms. The van der Waals surface area contributed by atoms with E-state index in [-0.39, 0.29) is 11.2 Å². The van der Waals surface area contributed by atoms with E-state index in [4.69, 9.17) is 4.98 Å². The summed E-state index contributed by atoms with van der Waals surface area (Å²) >= 11 is 0. The number of aromatic nitrogens is 4. The molecule has 0 N–H and O–H groups in total. The Morgan fingerprint density at radius 1 is 0.862 bits per heavy atom. The average molecular weight is 382 g/mol. The molecule has 3 aromatic heterocycles. The van der Waals surface area contributed by atoms with E-state index < -0.39 is 0 Å². The molecule has 0 bridgehead atoms. The van der Waals surface area contributed by atoms with Crippen LogP contribution in [0.25, 0.3) is 33.8 Å². The fraction of sp³-hybridized carbons (Fsp3) is 0.208. The Morgan fingerprint density at radius 3 is 2.31 bits per heavy atom. The van der Waals surface area contributed by atoms with Crippen LogP contribution in [0.4, 0.5) is 0 Å². The highest BCUT2D eigenvalue weighted by Gasteiger charge is 2.16. The van der Waals surface area contributed by atoms with Crippen molar-refractivity contribution in [2.75, 3.05) is 0 Å². The minimum Gasteiger partial charge on any atom is -0.293 e. The highest BCUT2D eigenvalue weighted by molar-refractivity contribution is 5.93. The Labute approximate surface area is 169 Å². The summed E-state index contributed by atoms with van der Waals surface area (Å²) in [7, 11) is 0. The van der Waals surface area contributed by atoms with E-state index in [1.165, 1.54) is 12.5 Å². The van der Waals surface area contributed by atoms with Crippen LogP contribution in [0.5, 0.6) is 0 Å². The normalized spacial score (nSPS) is 11.6. The number of benzene rings is 1. The average Bonchev–Trinajstić information content (AvgIpc) is 2.72. The Kier molecular flexibility index (Phi) is 4.66. The topological polar surface area (TPSA) is 68.6 Å². The molecule has 4 rings (SSSR count). The van der Waals surface area contributed by atoms with Crippen molar-refractivity contribution in [3.8, 4) is 22.8 Å². The predicted molar refractivity (Wildman–Crippen MR) is 115 cm³/mol. The van der Waals surface area contributed by atoms with Gasteiger partial charge in [0.05, 0.1) is 11.4 Å². The van der Waals surface area contributed by atoms with Crippen LogP contribution in [0.2, 0.25) is 0 Å². The summed E-state index contributed by atoms with van der Waals surface area (Å²) in [6.45, 7) is 8.03. The van der Waals surface area contributed by atoms with Gasteiger partial charge in [-0.2, -0.15) is 0 Å². The zero-order valence-electron chi connectivity index (χ0n) is 17.0. The number of Topliss-reactive ketones (excluding diaryl/α,β-unsaturated/α-hetero) is 1. The van der Waals surface area contributed by atoms with E-state index in [2.05, 4.69) is 47.9 Å². The zero-order valence-corrected chi connectivity index (χ0v) is 17.0. The number of hydrogen-bond donors (Lipinski definition) is 0. The Balaban J connectivity index is 1.83. The van der Waals surface area contributed by atoms with Gasteiger partial charge >= 0.3 is 0 Å². The van der Waals surface area contributed by atoms with Crippen molar-refractivity contribution in [1.82, 2.24) is 19.9 Å². The van der Waals surface area contributed by atoms with E-state index in [0.717, 1.165) is 10.9 Å². The lowest BCUT2D eigenvalue weighted by molar-refractivity contribution is 0.101. The second kappa shape index (κ2) is 7.17. The van der Waals surface area contributed by atoms with Crippen LogP contribution in [0, 0.1) is 0 Å². The summed E-state index contributed by atoms with van der Waals surface area (Å²) in [5.41, 5.74) is 4.43. The van der Waals surface area contributed by atoms with Crippen molar-refractivity contribution < 1.29 is 4.79 Å². The van der Waals surface area contributed by atoms with Crippen molar-refractivity contribution in [2.24, 2.45) is 0 Å². The number of carbonyl (C=O) groups excluding carboxylic acids is 1. The summed E-state index contributed by atoms with van der Waals surface area (Å²) in [6, 6.07) is 17.5. The second-order valence-corrected chi connectivity index (χ2v) is 8.09. The second-order valence-electron chi connectivity index (χ2n) is 8.09. The Bertz CT molecular complexity index is 1210. The molecule has 144 valence electrons. The molecule has 0 aliphatic heterocycles. The molecular weight excluding hydrogens is 360 g/mol. The number of ketones is 1. The summed E-state index contributed by atoms with van der Waals surface area (Å²) in [4.78, 5) is 30.2. The van der Waals surface area contributed by atoms with Crippen LogP contribution >= 0.6 is 0 Å². The summed E-state index contributed by atoms with van der Waals surface area (Å²) < 4.78 is 0. The van der Waals surface area contributed by atoms with Crippen LogP contribution in [0.1, 0.15) is 43.7 Å². The van der Waals surface area contributed by atoms with Gasteiger partial charge in [-0.1, -0.05) is 45.0 Å². The molecule has 4 aromatic rings. The minimum absolute atomic E-state index is 0.0633. The highest BCUT2D eigenvalue weighted by Crippen LogP contribution is 2.27. The first-order valence-corrected chi connectivity index (χ1v) is 9.54. The van der Waals surface area contributed by atoms with Crippen molar-refractivity contribution in [2.45, 2.75) is 33.1 Å². The first kappa shape index (κ1) is 18.9. The van der Waals surface area contributed by atoms with Gasteiger partial charge in [-0.25, -0.2) is 19.9 Å². The van der Waals surface area contributed by atoms with Crippen LogP contribution < -0.4 is 0 Å². The van der Waals surface area contributed by atoms with E-state index in [1.54, 1.807) is 12.3 Å². The number of hydrogen-bond acceptors (Lipinski definition) is 5. The van der Waals surface area contributed by atoms with E-state index >= 15 is 0 Å². The predicted octanol–water partition coefficient (Wildman–Crippen LogP) is 5.25. The Hall–Kier alpha value is -3.47. The molecule has 0 aliphatic carbocycles. The van der Waals surface area contributed by atoms with Gasteiger partial charge in [0.25, 0.3) is 0 Å². The molecule has 0 amide bonds. The number of carbonyl (C=O) groups is 1. The molecule has 0 fully saturated rings. The van der Waals surface area contributed by atoms with Gasteiger partial charge in [0.2, 0.25) is 0 Å². The van der Waals surface area contributed by atoms with E-state index in [1.807, 2.05) is 36.4 Å². The molecule has 5 nitrogen and oxygen atoms in total. The van der Waals surface area contributed by atoms with Gasteiger partial charge in [0.15, 0.2) is 17.3 Å². The molecule has 0 atom stereocenters. The standard InChI is InChI=1S/C24H22N4O/c1-15(29)20-14-21(19-12-9-16-6-5-13-25-22(16)26-19)28-23(27-20)17-7-10-18(11-8-17)24(2,3)4/h5-14H,1-4H3. The van der Waals surface area contributed by atoms with Crippen LogP contribution in [-0.2, 0) is 5.41 Å². The van der Waals surface area contributed by atoms with Crippen molar-refractivity contribution in [3.63, 3.8) is 0 Å². The van der Waals surface area contributed by atoms with Crippen molar-refractivity contribution in [3.05, 3.63) is 72.1 Å². The molecule has 29 heavy (non-hydrogen) atoms. The fourth-order valence-corrected chi connectivity index (χ4v) is 3.10. The van der Waals surface area contributed by atoms with E-state index in [9.17, 15) is 4.79 Å². The SMILES string of the molecule is CC(=O)c1cc(-c2ccc3cccnc3n2)nc(-c2ccc(C(C)(C)C)cc2)n1. The smallest absolute Gasteiger partial charge is 0.178 e. The van der Waals surface area contributed by atoms with Crippen LogP contribution in [0.3, 0.4) is 0 Å². The molecule has 0 saturated heterocycles. The third-order valence-electron chi connectivity index (χ3n) is 4.82.